The second kappa shape index (κ2) is 7.21. The van der Waals surface area contributed by atoms with Crippen LogP contribution in [-0.2, 0) is 14.8 Å². The molecule has 2 N–H and O–H groups in total. The van der Waals surface area contributed by atoms with Gasteiger partial charge >= 0.3 is 5.97 Å². The van der Waals surface area contributed by atoms with Gasteiger partial charge in [0, 0.05) is 12.0 Å². The first-order valence-electron chi connectivity index (χ1n) is 8.66. The van der Waals surface area contributed by atoms with E-state index in [1.807, 2.05) is 6.07 Å². The number of benzene rings is 1. The zero-order valence-corrected chi connectivity index (χ0v) is 16.9. The molecule has 1 aliphatic rings. The summed E-state index contributed by atoms with van der Waals surface area (Å²) >= 11 is 0.997. The van der Waals surface area contributed by atoms with E-state index in [0.717, 1.165) is 16.9 Å². The SMILES string of the molecule is COc1ccc(-c2ccc(S(=O)(=O)N[C@@]3(C(=O)O)CC3c3ccccc3)s2)nn1. The number of thiophene rings is 1. The highest BCUT2D eigenvalue weighted by molar-refractivity contribution is 7.91. The number of ether oxygens (including phenoxy) is 1. The number of carbonyl (C=O) groups is 1. The molecule has 0 amide bonds. The molecule has 0 bridgehead atoms. The molecule has 1 saturated carbocycles. The molecule has 1 aromatic carbocycles. The topological polar surface area (TPSA) is 118 Å². The lowest BCUT2D eigenvalue weighted by Crippen LogP contribution is -2.44. The van der Waals surface area contributed by atoms with Crippen LogP contribution in [0.3, 0.4) is 0 Å². The van der Waals surface area contributed by atoms with Crippen molar-refractivity contribution in [3.05, 3.63) is 60.2 Å². The van der Waals surface area contributed by atoms with Gasteiger partial charge in [0.1, 0.15) is 15.4 Å². The van der Waals surface area contributed by atoms with Gasteiger partial charge in [0.25, 0.3) is 10.0 Å². The van der Waals surface area contributed by atoms with Crippen LogP contribution in [0.4, 0.5) is 0 Å². The molecule has 150 valence electrons. The second-order valence-electron chi connectivity index (χ2n) is 6.63. The van der Waals surface area contributed by atoms with E-state index >= 15 is 0 Å². The molecule has 0 radical (unpaired) electrons. The molecular formula is C19H17N3O5S2. The third-order valence-electron chi connectivity index (χ3n) is 4.81. The van der Waals surface area contributed by atoms with Crippen molar-refractivity contribution in [2.24, 2.45) is 0 Å². The van der Waals surface area contributed by atoms with Crippen LogP contribution in [0.1, 0.15) is 17.9 Å². The Kier molecular flexibility index (Phi) is 4.85. The zero-order chi connectivity index (χ0) is 20.6. The van der Waals surface area contributed by atoms with E-state index < -0.39 is 27.4 Å². The summed E-state index contributed by atoms with van der Waals surface area (Å²) in [6.07, 6.45) is 0.202. The summed E-state index contributed by atoms with van der Waals surface area (Å²) in [4.78, 5) is 12.5. The van der Waals surface area contributed by atoms with Crippen LogP contribution in [0, 0.1) is 0 Å². The van der Waals surface area contributed by atoms with Crippen molar-refractivity contribution in [1.29, 1.82) is 0 Å². The minimum Gasteiger partial charge on any atom is -0.480 e. The zero-order valence-electron chi connectivity index (χ0n) is 15.3. The lowest BCUT2D eigenvalue weighted by atomic mass is 10.1. The molecule has 29 heavy (non-hydrogen) atoms. The maximum Gasteiger partial charge on any atom is 0.325 e. The average molecular weight is 431 g/mol. The van der Waals surface area contributed by atoms with E-state index in [4.69, 9.17) is 4.74 Å². The minimum absolute atomic E-state index is 0.0180. The van der Waals surface area contributed by atoms with Gasteiger partial charge in [-0.15, -0.1) is 21.5 Å². The first-order chi connectivity index (χ1) is 13.9. The normalized spacial score (nSPS) is 20.9. The third kappa shape index (κ3) is 3.61. The van der Waals surface area contributed by atoms with Gasteiger partial charge in [-0.2, -0.15) is 4.72 Å². The van der Waals surface area contributed by atoms with Gasteiger partial charge in [-0.25, -0.2) is 8.42 Å². The predicted molar refractivity (Wildman–Crippen MR) is 106 cm³/mol. The highest BCUT2D eigenvalue weighted by Crippen LogP contribution is 2.52. The minimum atomic E-state index is -4.03. The summed E-state index contributed by atoms with van der Waals surface area (Å²) in [6, 6.07) is 15.4. The monoisotopic (exact) mass is 431 g/mol. The summed E-state index contributed by atoms with van der Waals surface area (Å²) in [7, 11) is -2.55. The highest BCUT2D eigenvalue weighted by Gasteiger charge is 2.63. The maximum absolute atomic E-state index is 12.9. The summed E-state index contributed by atoms with van der Waals surface area (Å²) in [5, 5.41) is 17.6. The van der Waals surface area contributed by atoms with Crippen molar-refractivity contribution in [1.82, 2.24) is 14.9 Å². The number of nitrogens with one attached hydrogen (secondary N) is 1. The quantitative estimate of drug-likeness (QED) is 0.590. The number of carboxylic acids is 1. The molecule has 0 spiro atoms. The summed E-state index contributed by atoms with van der Waals surface area (Å²) < 4.78 is 33.2. The lowest BCUT2D eigenvalue weighted by Gasteiger charge is -2.14. The van der Waals surface area contributed by atoms with Crippen LogP contribution in [0.5, 0.6) is 5.88 Å². The number of aliphatic carboxylic acids is 1. The van der Waals surface area contributed by atoms with Crippen LogP contribution >= 0.6 is 11.3 Å². The van der Waals surface area contributed by atoms with E-state index in [1.165, 1.54) is 13.2 Å². The van der Waals surface area contributed by atoms with Crippen molar-refractivity contribution in [3.63, 3.8) is 0 Å². The van der Waals surface area contributed by atoms with Crippen LogP contribution < -0.4 is 9.46 Å². The molecule has 1 aliphatic carbocycles. The summed E-state index contributed by atoms with van der Waals surface area (Å²) in [5.74, 6) is -1.25. The van der Waals surface area contributed by atoms with Gasteiger partial charge in [-0.1, -0.05) is 30.3 Å². The van der Waals surface area contributed by atoms with Gasteiger partial charge in [0.2, 0.25) is 5.88 Å². The molecular weight excluding hydrogens is 414 g/mol. The molecule has 2 atom stereocenters. The molecule has 1 unspecified atom stereocenters. The van der Waals surface area contributed by atoms with Gasteiger partial charge in [-0.05, 0) is 30.2 Å². The van der Waals surface area contributed by atoms with Crippen LogP contribution in [-0.4, -0.2) is 42.3 Å². The molecule has 1 fully saturated rings. The first kappa shape index (κ1) is 19.5. The van der Waals surface area contributed by atoms with Gasteiger partial charge in [0.05, 0.1) is 12.0 Å². The van der Waals surface area contributed by atoms with Crippen molar-refractivity contribution < 1.29 is 23.1 Å². The number of nitrogens with zero attached hydrogens (tertiary/aromatic N) is 2. The molecule has 0 saturated heterocycles. The third-order valence-corrected chi connectivity index (χ3v) is 7.92. The molecule has 8 nitrogen and oxygen atoms in total. The molecule has 0 aliphatic heterocycles. The molecule has 3 aromatic rings. The lowest BCUT2D eigenvalue weighted by molar-refractivity contribution is -0.140. The van der Waals surface area contributed by atoms with Crippen molar-refractivity contribution in [3.8, 4) is 16.5 Å². The Labute approximate surface area is 171 Å². The van der Waals surface area contributed by atoms with E-state index in [1.54, 1.807) is 42.5 Å². The average Bonchev–Trinajstić information content (AvgIpc) is 3.22. The van der Waals surface area contributed by atoms with Gasteiger partial charge in [-0.3, -0.25) is 4.79 Å². The van der Waals surface area contributed by atoms with Crippen LogP contribution in [0.25, 0.3) is 10.6 Å². The summed E-state index contributed by atoms with van der Waals surface area (Å²) in [5.41, 5.74) is -0.249. The van der Waals surface area contributed by atoms with Crippen LogP contribution in [0.2, 0.25) is 0 Å². The molecule has 2 heterocycles. The van der Waals surface area contributed by atoms with Crippen molar-refractivity contribution in [2.45, 2.75) is 22.1 Å². The number of aromatic nitrogens is 2. The van der Waals surface area contributed by atoms with Gasteiger partial charge < -0.3 is 9.84 Å². The van der Waals surface area contributed by atoms with E-state index in [-0.39, 0.29) is 10.6 Å². The number of methoxy groups -OCH3 is 1. The van der Waals surface area contributed by atoms with Crippen LogP contribution in [0.15, 0.2) is 58.8 Å². The second-order valence-corrected chi connectivity index (χ2v) is 9.62. The molecule has 10 heteroatoms. The van der Waals surface area contributed by atoms with Crippen molar-refractivity contribution >= 4 is 27.3 Å². The Morgan fingerprint density at radius 1 is 1.17 bits per heavy atom. The van der Waals surface area contributed by atoms with E-state index in [0.29, 0.717) is 16.5 Å². The Morgan fingerprint density at radius 2 is 1.93 bits per heavy atom. The first-order valence-corrected chi connectivity index (χ1v) is 11.0. The Bertz CT molecular complexity index is 1150. The predicted octanol–water partition coefficient (Wildman–Crippen LogP) is 2.50. The van der Waals surface area contributed by atoms with Gasteiger partial charge in [0.15, 0.2) is 0 Å². The van der Waals surface area contributed by atoms with E-state index in [2.05, 4.69) is 14.9 Å². The van der Waals surface area contributed by atoms with Crippen molar-refractivity contribution in [2.75, 3.05) is 7.11 Å². The number of hydrogen-bond acceptors (Lipinski definition) is 7. The van der Waals surface area contributed by atoms with E-state index in [9.17, 15) is 18.3 Å². The summed E-state index contributed by atoms with van der Waals surface area (Å²) in [6.45, 7) is 0. The largest absolute Gasteiger partial charge is 0.480 e. The Hall–Kier alpha value is -2.82. The fourth-order valence-corrected chi connectivity index (χ4v) is 5.87. The fraction of sp³-hybridized carbons (Fsp3) is 0.211. The Morgan fingerprint density at radius 3 is 2.55 bits per heavy atom. The smallest absolute Gasteiger partial charge is 0.325 e. The number of rotatable bonds is 7. The fourth-order valence-electron chi connectivity index (χ4n) is 3.20. The Balaban J connectivity index is 1.59. The highest BCUT2D eigenvalue weighted by atomic mass is 32.2. The maximum atomic E-state index is 12.9. The molecule has 2 aromatic heterocycles. The number of hydrogen-bond donors (Lipinski definition) is 2. The standard InChI is InChI=1S/C19H17N3O5S2/c1-27-16-9-7-14(20-21-16)15-8-10-17(28-15)29(25,26)22-19(18(23)24)11-13(19)12-5-3-2-4-6-12/h2-10,13,22H,11H2,1H3,(H,23,24)/t13?,19-/m0/s1. The molecule has 4 rings (SSSR count). The number of sulfonamides is 1. The number of carboxylic acid groups (broad SMARTS) is 1.